The van der Waals surface area contributed by atoms with Crippen LogP contribution in [0, 0.1) is 0 Å². The third-order valence-corrected chi connectivity index (χ3v) is 3.07. The van der Waals surface area contributed by atoms with Crippen LogP contribution in [0.15, 0.2) is 18.2 Å². The lowest BCUT2D eigenvalue weighted by molar-refractivity contribution is -0.141. The first kappa shape index (κ1) is 13.2. The van der Waals surface area contributed by atoms with Crippen molar-refractivity contribution >= 4 is 11.9 Å². The zero-order valence-electron chi connectivity index (χ0n) is 9.85. The van der Waals surface area contributed by atoms with Crippen LogP contribution in [-0.4, -0.2) is 55.9 Å². The molecule has 0 aromatic heterocycles. The van der Waals surface area contributed by atoms with Gasteiger partial charge in [0.25, 0.3) is 5.91 Å². The largest absolute Gasteiger partial charge is 0.504 e. The summed E-state index contributed by atoms with van der Waals surface area (Å²) in [5, 5.41) is 37.4. The molecule has 0 bridgehead atoms. The number of aliphatic hydroxyl groups is 1. The van der Waals surface area contributed by atoms with Crippen molar-refractivity contribution in [2.24, 2.45) is 0 Å². The first-order valence-electron chi connectivity index (χ1n) is 5.64. The van der Waals surface area contributed by atoms with Crippen molar-refractivity contribution < 1.29 is 30.0 Å². The smallest absolute Gasteiger partial charge is 0.326 e. The average molecular weight is 267 g/mol. The van der Waals surface area contributed by atoms with Gasteiger partial charge in [0.15, 0.2) is 11.5 Å². The Morgan fingerprint density at radius 2 is 1.95 bits per heavy atom. The summed E-state index contributed by atoms with van der Waals surface area (Å²) in [6, 6.07) is 2.72. The number of hydrogen-bond donors (Lipinski definition) is 4. The number of aromatic hydroxyl groups is 2. The SMILES string of the molecule is O=C(O)[C@H]1C[C@@H](O)CN1C(=O)c1cccc(O)c1O. The molecule has 1 fully saturated rings. The zero-order chi connectivity index (χ0) is 14.2. The number of aliphatic hydroxyl groups excluding tert-OH is 1. The van der Waals surface area contributed by atoms with Crippen LogP contribution >= 0.6 is 0 Å². The minimum absolute atomic E-state index is 0.0549. The van der Waals surface area contributed by atoms with Gasteiger partial charge in [-0.1, -0.05) is 6.07 Å². The van der Waals surface area contributed by atoms with Gasteiger partial charge in [0.1, 0.15) is 6.04 Å². The molecule has 1 aliphatic rings. The Morgan fingerprint density at radius 1 is 1.26 bits per heavy atom. The lowest BCUT2D eigenvalue weighted by atomic mass is 10.1. The van der Waals surface area contributed by atoms with Gasteiger partial charge in [-0.05, 0) is 12.1 Å². The van der Waals surface area contributed by atoms with E-state index in [0.717, 1.165) is 4.90 Å². The van der Waals surface area contributed by atoms with E-state index in [9.17, 15) is 24.9 Å². The van der Waals surface area contributed by atoms with E-state index < -0.39 is 35.5 Å². The van der Waals surface area contributed by atoms with Gasteiger partial charge >= 0.3 is 5.97 Å². The molecule has 2 atom stereocenters. The maximum atomic E-state index is 12.2. The summed E-state index contributed by atoms with van der Waals surface area (Å²) in [5.74, 6) is -3.02. The van der Waals surface area contributed by atoms with Crippen LogP contribution in [0.4, 0.5) is 0 Å². The van der Waals surface area contributed by atoms with E-state index in [2.05, 4.69) is 0 Å². The molecule has 0 spiro atoms. The Hall–Kier alpha value is -2.28. The van der Waals surface area contributed by atoms with Crippen molar-refractivity contribution in [1.82, 2.24) is 4.90 Å². The number of carbonyl (C=O) groups is 2. The maximum absolute atomic E-state index is 12.2. The summed E-state index contributed by atoms with van der Waals surface area (Å²) < 4.78 is 0. The fourth-order valence-corrected chi connectivity index (χ4v) is 2.13. The molecule has 1 saturated heterocycles. The highest BCUT2D eigenvalue weighted by Crippen LogP contribution is 2.31. The van der Waals surface area contributed by atoms with E-state index in [1.165, 1.54) is 18.2 Å². The molecule has 0 unspecified atom stereocenters. The molecule has 7 heteroatoms. The molecule has 2 rings (SSSR count). The molecule has 102 valence electrons. The Balaban J connectivity index is 2.33. The number of hydrogen-bond acceptors (Lipinski definition) is 5. The van der Waals surface area contributed by atoms with E-state index in [4.69, 9.17) is 5.11 Å². The quantitative estimate of drug-likeness (QED) is 0.549. The maximum Gasteiger partial charge on any atom is 0.326 e. The first-order chi connectivity index (χ1) is 8.91. The number of carboxylic acid groups (broad SMARTS) is 1. The molecule has 7 nitrogen and oxygen atoms in total. The molecule has 1 aliphatic heterocycles. The Morgan fingerprint density at radius 3 is 2.58 bits per heavy atom. The molecule has 0 radical (unpaired) electrons. The topological polar surface area (TPSA) is 118 Å². The lowest BCUT2D eigenvalue weighted by Gasteiger charge is -2.21. The summed E-state index contributed by atoms with van der Waals surface area (Å²) in [6.45, 7) is -0.120. The second kappa shape index (κ2) is 4.77. The molecule has 0 aliphatic carbocycles. The number of aliphatic carboxylic acids is 1. The number of nitrogens with zero attached hydrogens (tertiary/aromatic N) is 1. The molecule has 1 heterocycles. The van der Waals surface area contributed by atoms with Gasteiger partial charge in [0.2, 0.25) is 0 Å². The highest BCUT2D eigenvalue weighted by molar-refractivity contribution is 5.99. The van der Waals surface area contributed by atoms with Gasteiger partial charge in [-0.2, -0.15) is 0 Å². The molecule has 0 saturated carbocycles. The van der Waals surface area contributed by atoms with Gasteiger partial charge in [0, 0.05) is 13.0 Å². The van der Waals surface area contributed by atoms with Crippen molar-refractivity contribution in [3.63, 3.8) is 0 Å². The van der Waals surface area contributed by atoms with Gasteiger partial charge in [-0.15, -0.1) is 0 Å². The van der Waals surface area contributed by atoms with Crippen LogP contribution in [-0.2, 0) is 4.79 Å². The highest BCUT2D eigenvalue weighted by Gasteiger charge is 2.40. The molecule has 1 aromatic rings. The predicted molar refractivity (Wildman–Crippen MR) is 62.9 cm³/mol. The standard InChI is InChI=1S/C12H13NO6/c14-6-4-8(12(18)19)13(5-6)11(17)7-2-1-3-9(15)10(7)16/h1-3,6,8,14-16H,4-5H2,(H,18,19)/t6-,8-/m1/s1. The van der Waals surface area contributed by atoms with Gasteiger partial charge < -0.3 is 25.3 Å². The van der Waals surface area contributed by atoms with Crippen LogP contribution in [0.1, 0.15) is 16.8 Å². The average Bonchev–Trinajstić information content (AvgIpc) is 2.74. The van der Waals surface area contributed by atoms with Crippen molar-refractivity contribution in [1.29, 1.82) is 0 Å². The summed E-state index contributed by atoms with van der Waals surface area (Å²) in [6.07, 6.45) is -0.967. The Bertz CT molecular complexity index is 529. The zero-order valence-corrected chi connectivity index (χ0v) is 9.85. The number of β-amino-alcohol motifs (C(OH)–C–C–N with tert-alkyl or cyclic N) is 1. The van der Waals surface area contributed by atoms with Crippen LogP contribution in [0.2, 0.25) is 0 Å². The number of rotatable bonds is 2. The Labute approximate surface area is 108 Å². The number of amides is 1. The van der Waals surface area contributed by atoms with E-state index in [0.29, 0.717) is 0 Å². The number of carboxylic acids is 1. The normalized spacial score (nSPS) is 22.5. The van der Waals surface area contributed by atoms with Crippen LogP contribution in [0.25, 0.3) is 0 Å². The number of carbonyl (C=O) groups excluding carboxylic acids is 1. The summed E-state index contributed by atoms with van der Waals surface area (Å²) in [4.78, 5) is 24.2. The fourth-order valence-electron chi connectivity index (χ4n) is 2.13. The van der Waals surface area contributed by atoms with Gasteiger partial charge in [-0.25, -0.2) is 4.79 Å². The monoisotopic (exact) mass is 267 g/mol. The molecular weight excluding hydrogens is 254 g/mol. The molecule has 1 amide bonds. The Kier molecular flexibility index (Phi) is 3.30. The number of phenolic OH excluding ortho intramolecular Hbond substituents is 2. The number of phenols is 2. The number of likely N-dealkylation sites (tertiary alicyclic amines) is 1. The van der Waals surface area contributed by atoms with Crippen molar-refractivity contribution in [3.05, 3.63) is 23.8 Å². The fraction of sp³-hybridized carbons (Fsp3) is 0.333. The number of benzene rings is 1. The van der Waals surface area contributed by atoms with Crippen LogP contribution in [0.3, 0.4) is 0 Å². The lowest BCUT2D eigenvalue weighted by Crippen LogP contribution is -2.40. The van der Waals surface area contributed by atoms with Gasteiger partial charge in [0.05, 0.1) is 11.7 Å². The minimum Gasteiger partial charge on any atom is -0.504 e. The highest BCUT2D eigenvalue weighted by atomic mass is 16.4. The summed E-state index contributed by atoms with van der Waals surface area (Å²) in [7, 11) is 0. The summed E-state index contributed by atoms with van der Waals surface area (Å²) >= 11 is 0. The number of para-hydroxylation sites is 1. The van der Waals surface area contributed by atoms with E-state index in [-0.39, 0.29) is 18.5 Å². The second-order valence-electron chi connectivity index (χ2n) is 4.37. The van der Waals surface area contributed by atoms with E-state index >= 15 is 0 Å². The third-order valence-electron chi connectivity index (χ3n) is 3.07. The predicted octanol–water partition coefficient (Wildman–Crippen LogP) is -0.242. The van der Waals surface area contributed by atoms with Crippen molar-refractivity contribution in [3.8, 4) is 11.5 Å². The van der Waals surface area contributed by atoms with Crippen LogP contribution in [0.5, 0.6) is 11.5 Å². The van der Waals surface area contributed by atoms with E-state index in [1.807, 2.05) is 0 Å². The third kappa shape index (κ3) is 2.32. The van der Waals surface area contributed by atoms with Crippen LogP contribution < -0.4 is 0 Å². The van der Waals surface area contributed by atoms with E-state index in [1.54, 1.807) is 0 Å². The van der Waals surface area contributed by atoms with Crippen molar-refractivity contribution in [2.75, 3.05) is 6.54 Å². The van der Waals surface area contributed by atoms with Crippen molar-refractivity contribution in [2.45, 2.75) is 18.6 Å². The molecule has 19 heavy (non-hydrogen) atoms. The minimum atomic E-state index is -1.22. The summed E-state index contributed by atoms with van der Waals surface area (Å²) in [5.41, 5.74) is -0.194. The molecular formula is C12H13NO6. The van der Waals surface area contributed by atoms with Gasteiger partial charge in [-0.3, -0.25) is 4.79 Å². The molecule has 4 N–H and O–H groups in total. The first-order valence-corrected chi connectivity index (χ1v) is 5.64. The molecule has 1 aromatic carbocycles. The second-order valence-corrected chi connectivity index (χ2v) is 4.37.